The monoisotopic (exact) mass is 233 g/mol. The molecule has 0 amide bonds. The number of fused-ring (bicyclic) bond motifs is 3. The molecule has 1 aliphatic carbocycles. The molecular weight excluding hydrogens is 210 g/mol. The second kappa shape index (κ2) is 3.35. The van der Waals surface area contributed by atoms with Crippen LogP contribution in [-0.4, -0.2) is 16.1 Å². The van der Waals surface area contributed by atoms with E-state index >= 15 is 0 Å². The van der Waals surface area contributed by atoms with Crippen LogP contribution in [0.5, 0.6) is 0 Å². The fourth-order valence-corrected chi connectivity index (χ4v) is 4.00. The molecule has 94 valence electrons. The second-order valence-corrected chi connectivity index (χ2v) is 7.05. The molecule has 0 radical (unpaired) electrons. The van der Waals surface area contributed by atoms with Gasteiger partial charge in [-0.2, -0.15) is 0 Å². The fraction of sp³-hybridized carbons (Fsp3) is 0.786. The maximum Gasteiger partial charge on any atom is 0.123 e. The molecule has 1 N–H and O–H groups in total. The van der Waals surface area contributed by atoms with Gasteiger partial charge in [0.15, 0.2) is 0 Å². The molecule has 17 heavy (non-hydrogen) atoms. The van der Waals surface area contributed by atoms with E-state index in [1.165, 1.54) is 23.6 Å². The summed E-state index contributed by atoms with van der Waals surface area (Å²) >= 11 is 0. The highest BCUT2D eigenvalue weighted by molar-refractivity contribution is 5.30. The molecule has 3 heteroatoms. The van der Waals surface area contributed by atoms with Crippen LogP contribution in [-0.2, 0) is 24.9 Å². The average molecular weight is 233 g/mol. The molecule has 0 spiro atoms. The quantitative estimate of drug-likeness (QED) is 0.745. The summed E-state index contributed by atoms with van der Waals surface area (Å²) in [4.78, 5) is 4.88. The van der Waals surface area contributed by atoms with Crippen molar-refractivity contribution in [2.45, 2.75) is 59.0 Å². The molecule has 0 aromatic carbocycles. The van der Waals surface area contributed by atoms with Crippen LogP contribution in [0.3, 0.4) is 0 Å². The maximum atomic E-state index is 4.88. The van der Waals surface area contributed by atoms with Crippen LogP contribution >= 0.6 is 0 Å². The molecule has 0 fully saturated rings. The van der Waals surface area contributed by atoms with Crippen LogP contribution in [0.25, 0.3) is 0 Å². The first-order chi connectivity index (χ1) is 7.89. The summed E-state index contributed by atoms with van der Waals surface area (Å²) in [5, 5.41) is 3.41. The van der Waals surface area contributed by atoms with Gasteiger partial charge in [0.2, 0.25) is 0 Å². The molecule has 1 aromatic rings. The number of nitrogens with zero attached hydrogens (tertiary/aromatic N) is 2. The highest BCUT2D eigenvalue weighted by Gasteiger charge is 2.41. The molecule has 0 saturated carbocycles. The molecular formula is C14H23N3. The van der Waals surface area contributed by atoms with Crippen molar-refractivity contribution >= 4 is 0 Å². The zero-order valence-corrected chi connectivity index (χ0v) is 11.4. The minimum absolute atomic E-state index is 0.264. The third-order valence-electron chi connectivity index (χ3n) is 4.12. The molecule has 2 aliphatic rings. The Morgan fingerprint density at radius 3 is 2.76 bits per heavy atom. The van der Waals surface area contributed by atoms with Crippen molar-refractivity contribution < 1.29 is 0 Å². The molecule has 3 nitrogen and oxygen atoms in total. The number of hydrogen-bond acceptors (Lipinski definition) is 2. The topological polar surface area (TPSA) is 29.9 Å². The van der Waals surface area contributed by atoms with Gasteiger partial charge in [-0.05, 0) is 18.3 Å². The average Bonchev–Trinajstić information content (AvgIpc) is 2.51. The van der Waals surface area contributed by atoms with Crippen LogP contribution in [0.4, 0.5) is 0 Å². The summed E-state index contributed by atoms with van der Waals surface area (Å²) in [6, 6.07) is 0. The predicted molar refractivity (Wildman–Crippen MR) is 69.1 cm³/mol. The lowest BCUT2D eigenvalue weighted by Gasteiger charge is -2.41. The lowest BCUT2D eigenvalue weighted by atomic mass is 9.66. The van der Waals surface area contributed by atoms with E-state index in [1.54, 1.807) is 0 Å². The largest absolute Gasteiger partial charge is 0.329 e. The zero-order valence-electron chi connectivity index (χ0n) is 11.4. The number of aromatic nitrogens is 2. The van der Waals surface area contributed by atoms with Gasteiger partial charge < -0.3 is 9.88 Å². The van der Waals surface area contributed by atoms with Gasteiger partial charge in [-0.15, -0.1) is 0 Å². The molecule has 2 heterocycles. The Hall–Kier alpha value is -0.830. The summed E-state index contributed by atoms with van der Waals surface area (Å²) in [6.45, 7) is 12.6. The minimum Gasteiger partial charge on any atom is -0.329 e. The molecule has 1 aromatic heterocycles. The van der Waals surface area contributed by atoms with Crippen molar-refractivity contribution in [3.05, 3.63) is 17.2 Å². The highest BCUT2D eigenvalue weighted by Crippen LogP contribution is 2.45. The van der Waals surface area contributed by atoms with Crippen molar-refractivity contribution in [3.8, 4) is 0 Å². The fourth-order valence-electron chi connectivity index (χ4n) is 4.00. The van der Waals surface area contributed by atoms with Crippen LogP contribution in [0, 0.1) is 5.41 Å². The van der Waals surface area contributed by atoms with E-state index in [1.807, 2.05) is 0 Å². The number of hydrogen-bond donors (Lipinski definition) is 1. The van der Waals surface area contributed by atoms with E-state index in [9.17, 15) is 0 Å². The van der Waals surface area contributed by atoms with Gasteiger partial charge in [-0.25, -0.2) is 4.98 Å². The first-order valence-electron chi connectivity index (χ1n) is 6.69. The van der Waals surface area contributed by atoms with Crippen LogP contribution in [0.2, 0.25) is 0 Å². The standard InChI is InChI=1S/C14H23N3/c1-13(2)7-10-12(14(3,4)9-13)17-6-5-15-8-11(17)16-10/h15H,5-9H2,1-4H3. The summed E-state index contributed by atoms with van der Waals surface area (Å²) in [7, 11) is 0. The van der Waals surface area contributed by atoms with E-state index in [4.69, 9.17) is 4.98 Å². The van der Waals surface area contributed by atoms with Gasteiger partial charge >= 0.3 is 0 Å². The first-order valence-corrected chi connectivity index (χ1v) is 6.69. The van der Waals surface area contributed by atoms with E-state index < -0.39 is 0 Å². The van der Waals surface area contributed by atoms with Gasteiger partial charge in [0.05, 0.1) is 12.2 Å². The summed E-state index contributed by atoms with van der Waals surface area (Å²) < 4.78 is 2.47. The molecule has 0 bridgehead atoms. The van der Waals surface area contributed by atoms with Crippen molar-refractivity contribution in [3.63, 3.8) is 0 Å². The van der Waals surface area contributed by atoms with E-state index in [0.717, 1.165) is 26.1 Å². The van der Waals surface area contributed by atoms with E-state index in [2.05, 4.69) is 37.6 Å². The Bertz CT molecular complexity index is 454. The number of nitrogens with one attached hydrogen (secondary N) is 1. The van der Waals surface area contributed by atoms with Gasteiger partial charge in [-0.1, -0.05) is 27.7 Å². The molecule has 0 saturated heterocycles. The Morgan fingerprint density at radius 2 is 2.00 bits per heavy atom. The smallest absolute Gasteiger partial charge is 0.123 e. The van der Waals surface area contributed by atoms with E-state index in [-0.39, 0.29) is 5.41 Å². The number of rotatable bonds is 0. The SMILES string of the molecule is CC1(C)Cc2nc3n(c2C(C)(C)C1)CCNC3. The maximum absolute atomic E-state index is 4.88. The van der Waals surface area contributed by atoms with Crippen molar-refractivity contribution in [2.24, 2.45) is 5.41 Å². The Labute approximate surface area is 104 Å². The van der Waals surface area contributed by atoms with Gasteiger partial charge in [-0.3, -0.25) is 0 Å². The zero-order chi connectivity index (χ0) is 12.3. The summed E-state index contributed by atoms with van der Waals surface area (Å²) in [5.41, 5.74) is 3.51. The highest BCUT2D eigenvalue weighted by atomic mass is 15.2. The van der Waals surface area contributed by atoms with E-state index in [0.29, 0.717) is 5.41 Å². The van der Waals surface area contributed by atoms with Crippen LogP contribution < -0.4 is 5.32 Å². The third kappa shape index (κ3) is 1.71. The second-order valence-electron chi connectivity index (χ2n) is 7.05. The number of imidazole rings is 1. The third-order valence-corrected chi connectivity index (χ3v) is 4.12. The molecule has 1 aliphatic heterocycles. The van der Waals surface area contributed by atoms with Crippen molar-refractivity contribution in [1.82, 2.24) is 14.9 Å². The molecule has 0 unspecified atom stereocenters. The lowest BCUT2D eigenvalue weighted by Crippen LogP contribution is -2.38. The van der Waals surface area contributed by atoms with Crippen molar-refractivity contribution in [1.29, 1.82) is 0 Å². The van der Waals surface area contributed by atoms with Gasteiger partial charge in [0.1, 0.15) is 5.82 Å². The lowest BCUT2D eigenvalue weighted by molar-refractivity contribution is 0.219. The van der Waals surface area contributed by atoms with Crippen LogP contribution in [0.1, 0.15) is 51.3 Å². The first kappa shape index (κ1) is 11.3. The van der Waals surface area contributed by atoms with Gasteiger partial charge in [0, 0.05) is 24.2 Å². The Balaban J connectivity index is 2.15. The Morgan fingerprint density at radius 1 is 1.24 bits per heavy atom. The van der Waals surface area contributed by atoms with Crippen molar-refractivity contribution in [2.75, 3.05) is 6.54 Å². The Kier molecular flexibility index (Phi) is 2.22. The molecule has 0 atom stereocenters. The summed E-state index contributed by atoms with van der Waals surface area (Å²) in [5.74, 6) is 1.24. The normalized spacial score (nSPS) is 25.2. The summed E-state index contributed by atoms with van der Waals surface area (Å²) in [6.07, 6.45) is 2.39. The molecule has 3 rings (SSSR count). The predicted octanol–water partition coefficient (Wildman–Crippen LogP) is 2.24. The van der Waals surface area contributed by atoms with Gasteiger partial charge in [0.25, 0.3) is 0 Å². The van der Waals surface area contributed by atoms with Crippen LogP contribution in [0.15, 0.2) is 0 Å². The minimum atomic E-state index is 0.264.